The molecule has 0 radical (unpaired) electrons. The van der Waals surface area contributed by atoms with Crippen molar-refractivity contribution < 1.29 is 4.74 Å². The molecule has 2 rings (SSSR count). The predicted octanol–water partition coefficient (Wildman–Crippen LogP) is 0.701. The van der Waals surface area contributed by atoms with Gasteiger partial charge in [0.1, 0.15) is 0 Å². The number of ether oxygens (including phenoxy) is 1. The number of H-pyrrole nitrogens is 1. The third kappa shape index (κ3) is 2.48. The molecule has 5 nitrogen and oxygen atoms in total. The smallest absolute Gasteiger partial charge is 0.174 e. The van der Waals surface area contributed by atoms with Crippen molar-refractivity contribution in [1.29, 1.82) is 0 Å². The molecule has 1 fully saturated rings. The molecule has 1 unspecified atom stereocenters. The van der Waals surface area contributed by atoms with Crippen molar-refractivity contribution in [2.24, 2.45) is 0 Å². The molecule has 1 aromatic heterocycles. The van der Waals surface area contributed by atoms with Crippen molar-refractivity contribution in [3.63, 3.8) is 0 Å². The Bertz CT molecular complexity index is 230. The molecule has 0 aromatic carbocycles. The van der Waals surface area contributed by atoms with Crippen LogP contribution in [0.2, 0.25) is 0 Å². The van der Waals surface area contributed by atoms with E-state index in [0.29, 0.717) is 6.10 Å². The molecule has 0 saturated carbocycles. The van der Waals surface area contributed by atoms with E-state index in [0.717, 1.165) is 25.3 Å². The molecule has 0 bridgehead atoms. The first-order valence-corrected chi connectivity index (χ1v) is 4.79. The maximum Gasteiger partial charge on any atom is 0.174 e. The summed E-state index contributed by atoms with van der Waals surface area (Å²) in [6.07, 6.45) is 5.96. The molecule has 72 valence electrons. The fraction of sp³-hybridized carbons (Fsp3) is 0.875. The average Bonchev–Trinajstić information content (AvgIpc) is 2.69. The summed E-state index contributed by atoms with van der Waals surface area (Å²) in [5, 5.41) is 13.8. The minimum Gasteiger partial charge on any atom is -0.378 e. The van der Waals surface area contributed by atoms with E-state index in [1.54, 1.807) is 0 Å². The van der Waals surface area contributed by atoms with Gasteiger partial charge in [0.05, 0.1) is 6.10 Å². The van der Waals surface area contributed by atoms with E-state index in [4.69, 9.17) is 4.74 Å². The van der Waals surface area contributed by atoms with Crippen LogP contribution in [-0.4, -0.2) is 33.3 Å². The molecule has 5 heteroatoms. The highest BCUT2D eigenvalue weighted by molar-refractivity contribution is 4.78. The Morgan fingerprint density at radius 3 is 3.15 bits per heavy atom. The highest BCUT2D eigenvalue weighted by Crippen LogP contribution is 2.16. The van der Waals surface area contributed by atoms with Gasteiger partial charge in [-0.2, -0.15) is 5.21 Å². The van der Waals surface area contributed by atoms with Gasteiger partial charge in [0.25, 0.3) is 0 Å². The van der Waals surface area contributed by atoms with Crippen molar-refractivity contribution in [1.82, 2.24) is 20.6 Å². The second-order valence-corrected chi connectivity index (χ2v) is 3.36. The molecule has 0 spiro atoms. The molecule has 1 aliphatic heterocycles. The molecular weight excluding hydrogens is 168 g/mol. The number of nitrogens with zero attached hydrogens (tertiary/aromatic N) is 3. The first-order chi connectivity index (χ1) is 6.45. The van der Waals surface area contributed by atoms with Gasteiger partial charge in [-0.05, 0) is 25.7 Å². The summed E-state index contributed by atoms with van der Waals surface area (Å²) >= 11 is 0. The Kier molecular flexibility index (Phi) is 2.86. The van der Waals surface area contributed by atoms with Crippen LogP contribution in [0.15, 0.2) is 0 Å². The van der Waals surface area contributed by atoms with Gasteiger partial charge in [-0.3, -0.25) is 0 Å². The second kappa shape index (κ2) is 4.32. The summed E-state index contributed by atoms with van der Waals surface area (Å²) in [4.78, 5) is 0. The van der Waals surface area contributed by atoms with Gasteiger partial charge in [-0.1, -0.05) is 5.21 Å². The Morgan fingerprint density at radius 1 is 1.46 bits per heavy atom. The van der Waals surface area contributed by atoms with E-state index < -0.39 is 0 Å². The lowest BCUT2D eigenvalue weighted by Gasteiger charge is -2.21. The number of aromatic amines is 1. The van der Waals surface area contributed by atoms with E-state index in [1.807, 2.05) is 0 Å². The van der Waals surface area contributed by atoms with Crippen LogP contribution in [0.25, 0.3) is 0 Å². The van der Waals surface area contributed by atoms with Crippen LogP contribution in [0.3, 0.4) is 0 Å². The SMILES string of the molecule is C1CCC(CCc2nn[nH]n2)OC1. The maximum absolute atomic E-state index is 5.59. The van der Waals surface area contributed by atoms with Crippen LogP contribution < -0.4 is 0 Å². The summed E-state index contributed by atoms with van der Waals surface area (Å²) in [6.45, 7) is 0.914. The third-order valence-corrected chi connectivity index (χ3v) is 2.35. The zero-order valence-electron chi connectivity index (χ0n) is 7.57. The van der Waals surface area contributed by atoms with Crippen LogP contribution in [0, 0.1) is 0 Å². The number of hydrogen-bond donors (Lipinski definition) is 1. The van der Waals surface area contributed by atoms with Gasteiger partial charge in [0.2, 0.25) is 0 Å². The quantitative estimate of drug-likeness (QED) is 0.747. The fourth-order valence-electron chi connectivity index (χ4n) is 1.61. The van der Waals surface area contributed by atoms with Gasteiger partial charge in [-0.15, -0.1) is 10.2 Å². The van der Waals surface area contributed by atoms with E-state index in [1.165, 1.54) is 19.3 Å². The number of hydrogen-bond acceptors (Lipinski definition) is 4. The van der Waals surface area contributed by atoms with Gasteiger partial charge in [0.15, 0.2) is 5.82 Å². The maximum atomic E-state index is 5.59. The summed E-state index contributed by atoms with van der Waals surface area (Å²) in [5.41, 5.74) is 0. The largest absolute Gasteiger partial charge is 0.378 e. The Labute approximate surface area is 76.9 Å². The van der Waals surface area contributed by atoms with E-state index in [9.17, 15) is 0 Å². The summed E-state index contributed by atoms with van der Waals surface area (Å²) in [7, 11) is 0. The Hall–Kier alpha value is -0.970. The van der Waals surface area contributed by atoms with E-state index in [2.05, 4.69) is 20.6 Å². The van der Waals surface area contributed by atoms with Gasteiger partial charge in [0, 0.05) is 13.0 Å². The minimum atomic E-state index is 0.409. The first kappa shape index (κ1) is 8.62. The van der Waals surface area contributed by atoms with Crippen LogP contribution >= 0.6 is 0 Å². The third-order valence-electron chi connectivity index (χ3n) is 2.35. The van der Waals surface area contributed by atoms with Gasteiger partial charge >= 0.3 is 0 Å². The Morgan fingerprint density at radius 2 is 2.46 bits per heavy atom. The molecule has 0 aliphatic carbocycles. The summed E-state index contributed by atoms with van der Waals surface area (Å²) in [6, 6.07) is 0. The number of aromatic nitrogens is 4. The molecule has 1 saturated heterocycles. The highest BCUT2D eigenvalue weighted by Gasteiger charge is 2.14. The van der Waals surface area contributed by atoms with Crippen molar-refractivity contribution in [2.45, 2.75) is 38.2 Å². The van der Waals surface area contributed by atoms with Crippen molar-refractivity contribution >= 4 is 0 Å². The molecule has 1 atom stereocenters. The van der Waals surface area contributed by atoms with Crippen LogP contribution in [-0.2, 0) is 11.2 Å². The number of aryl methyl sites for hydroxylation is 1. The normalized spacial score (nSPS) is 23.2. The van der Waals surface area contributed by atoms with Crippen LogP contribution in [0.4, 0.5) is 0 Å². The number of rotatable bonds is 3. The summed E-state index contributed by atoms with van der Waals surface area (Å²) in [5.74, 6) is 0.786. The highest BCUT2D eigenvalue weighted by atomic mass is 16.5. The van der Waals surface area contributed by atoms with Crippen LogP contribution in [0.1, 0.15) is 31.5 Å². The Balaban J connectivity index is 1.72. The molecule has 2 heterocycles. The molecule has 1 aromatic rings. The fourth-order valence-corrected chi connectivity index (χ4v) is 1.61. The zero-order chi connectivity index (χ0) is 8.93. The van der Waals surface area contributed by atoms with Crippen LogP contribution in [0.5, 0.6) is 0 Å². The van der Waals surface area contributed by atoms with E-state index >= 15 is 0 Å². The first-order valence-electron chi connectivity index (χ1n) is 4.79. The minimum absolute atomic E-state index is 0.409. The molecule has 0 amide bonds. The lowest BCUT2D eigenvalue weighted by molar-refractivity contribution is 0.0112. The molecular formula is C8H14N4O. The molecule has 1 aliphatic rings. The average molecular weight is 182 g/mol. The topological polar surface area (TPSA) is 63.7 Å². The summed E-state index contributed by atoms with van der Waals surface area (Å²) < 4.78 is 5.59. The van der Waals surface area contributed by atoms with Crippen molar-refractivity contribution in [3.05, 3.63) is 5.82 Å². The lowest BCUT2D eigenvalue weighted by Crippen LogP contribution is -2.19. The van der Waals surface area contributed by atoms with Crippen molar-refractivity contribution in [2.75, 3.05) is 6.61 Å². The van der Waals surface area contributed by atoms with Gasteiger partial charge in [-0.25, -0.2) is 0 Å². The van der Waals surface area contributed by atoms with E-state index in [-0.39, 0.29) is 0 Å². The standard InChI is InChI=1S/C8H14N4O/c1-2-6-13-7(3-1)4-5-8-9-11-12-10-8/h7H,1-6H2,(H,9,10,11,12). The zero-order valence-corrected chi connectivity index (χ0v) is 7.57. The predicted molar refractivity (Wildman–Crippen MR) is 46.1 cm³/mol. The number of nitrogens with one attached hydrogen (secondary N) is 1. The lowest BCUT2D eigenvalue weighted by atomic mass is 10.0. The molecule has 13 heavy (non-hydrogen) atoms. The monoisotopic (exact) mass is 182 g/mol. The van der Waals surface area contributed by atoms with Crippen molar-refractivity contribution in [3.8, 4) is 0 Å². The number of tetrazole rings is 1. The molecule has 1 N–H and O–H groups in total. The second-order valence-electron chi connectivity index (χ2n) is 3.36. The van der Waals surface area contributed by atoms with Gasteiger partial charge < -0.3 is 4.74 Å².